The van der Waals surface area contributed by atoms with Crippen molar-refractivity contribution in [2.45, 2.75) is 47.1 Å². The number of hydrogen-bond donors (Lipinski definition) is 1. The first kappa shape index (κ1) is 13.7. The average Bonchev–Trinajstić information content (AvgIpc) is 2.29. The highest BCUT2D eigenvalue weighted by Gasteiger charge is 2.14. The predicted octanol–water partition coefficient (Wildman–Crippen LogP) is 2.84. The van der Waals surface area contributed by atoms with Crippen LogP contribution < -0.4 is 10.2 Å². The Morgan fingerprint density at radius 1 is 1.35 bits per heavy atom. The largest absolute Gasteiger partial charge is 0.354 e. The maximum absolute atomic E-state index is 4.61. The molecule has 0 aliphatic rings. The predicted molar refractivity (Wildman–Crippen MR) is 73.7 cm³/mol. The Morgan fingerprint density at radius 2 is 2.06 bits per heavy atom. The first-order valence-corrected chi connectivity index (χ1v) is 6.44. The van der Waals surface area contributed by atoms with Crippen LogP contribution in [0.4, 0.5) is 11.8 Å². The molecule has 1 heterocycles. The van der Waals surface area contributed by atoms with Crippen molar-refractivity contribution in [1.29, 1.82) is 0 Å². The minimum atomic E-state index is 0.457. The van der Waals surface area contributed by atoms with Crippen LogP contribution in [0.2, 0.25) is 0 Å². The van der Waals surface area contributed by atoms with Gasteiger partial charge in [-0.2, -0.15) is 4.98 Å². The van der Waals surface area contributed by atoms with Crippen LogP contribution in [-0.2, 0) is 0 Å². The topological polar surface area (TPSA) is 41.1 Å². The molecule has 1 aromatic heterocycles. The van der Waals surface area contributed by atoms with Gasteiger partial charge in [0, 0.05) is 30.9 Å². The third-order valence-corrected chi connectivity index (χ3v) is 2.64. The molecule has 0 fully saturated rings. The molecule has 0 spiro atoms. The molecule has 0 aliphatic heterocycles. The molecule has 1 N–H and O–H groups in total. The lowest BCUT2D eigenvalue weighted by Crippen LogP contribution is -2.33. The van der Waals surface area contributed by atoms with Crippen molar-refractivity contribution in [2.24, 2.45) is 0 Å². The fourth-order valence-electron chi connectivity index (χ4n) is 1.82. The van der Waals surface area contributed by atoms with Crippen molar-refractivity contribution >= 4 is 11.8 Å². The van der Waals surface area contributed by atoms with Gasteiger partial charge in [0.15, 0.2) is 0 Å². The summed E-state index contributed by atoms with van der Waals surface area (Å²) in [7, 11) is 0. The summed E-state index contributed by atoms with van der Waals surface area (Å²) in [5.41, 5.74) is 1.13. The molecule has 1 aromatic rings. The number of hydrogen-bond acceptors (Lipinski definition) is 4. The molecule has 0 atom stereocenters. The van der Waals surface area contributed by atoms with E-state index < -0.39 is 0 Å². The molecule has 0 bridgehead atoms. The van der Waals surface area contributed by atoms with E-state index in [9.17, 15) is 0 Å². The van der Waals surface area contributed by atoms with Gasteiger partial charge < -0.3 is 10.2 Å². The molecule has 1 rings (SSSR count). The van der Waals surface area contributed by atoms with Crippen LogP contribution in [0, 0.1) is 6.92 Å². The molecular formula is C13H24N4. The summed E-state index contributed by atoms with van der Waals surface area (Å²) in [6.07, 6.45) is 3.02. The fraction of sp³-hybridized carbons (Fsp3) is 0.692. The van der Waals surface area contributed by atoms with Crippen LogP contribution in [0.15, 0.2) is 6.20 Å². The second-order valence-electron chi connectivity index (χ2n) is 4.52. The number of aromatic nitrogens is 2. The number of rotatable bonds is 6. The van der Waals surface area contributed by atoms with Crippen molar-refractivity contribution in [1.82, 2.24) is 9.97 Å². The normalized spacial score (nSPS) is 10.7. The van der Waals surface area contributed by atoms with Crippen LogP contribution in [0.5, 0.6) is 0 Å². The Hall–Kier alpha value is -1.32. The van der Waals surface area contributed by atoms with E-state index in [2.05, 4.69) is 54.8 Å². The monoisotopic (exact) mass is 236 g/mol. The summed E-state index contributed by atoms with van der Waals surface area (Å²) in [6.45, 7) is 12.6. The van der Waals surface area contributed by atoms with Crippen LogP contribution in [0.25, 0.3) is 0 Å². The van der Waals surface area contributed by atoms with Gasteiger partial charge >= 0.3 is 0 Å². The molecule has 4 nitrogen and oxygen atoms in total. The Kier molecular flexibility index (Phi) is 5.19. The van der Waals surface area contributed by atoms with Gasteiger partial charge in [-0.1, -0.05) is 6.92 Å². The Balaban J connectivity index is 3.03. The van der Waals surface area contributed by atoms with Crippen LogP contribution in [-0.4, -0.2) is 29.1 Å². The van der Waals surface area contributed by atoms with Crippen molar-refractivity contribution in [3.05, 3.63) is 11.8 Å². The Labute approximate surface area is 104 Å². The summed E-state index contributed by atoms with van der Waals surface area (Å²) in [4.78, 5) is 11.2. The zero-order chi connectivity index (χ0) is 12.8. The van der Waals surface area contributed by atoms with E-state index in [1.807, 2.05) is 6.20 Å². The third kappa shape index (κ3) is 3.58. The Morgan fingerprint density at radius 3 is 2.59 bits per heavy atom. The molecular weight excluding hydrogens is 212 g/mol. The van der Waals surface area contributed by atoms with Crippen molar-refractivity contribution < 1.29 is 0 Å². The average molecular weight is 236 g/mol. The highest BCUT2D eigenvalue weighted by atomic mass is 15.2. The van der Waals surface area contributed by atoms with Gasteiger partial charge in [0.05, 0.1) is 0 Å². The van der Waals surface area contributed by atoms with Gasteiger partial charge in [0.2, 0.25) is 5.95 Å². The number of aryl methyl sites for hydroxylation is 1. The van der Waals surface area contributed by atoms with Gasteiger partial charge in [-0.15, -0.1) is 0 Å². The van der Waals surface area contributed by atoms with E-state index in [0.29, 0.717) is 6.04 Å². The van der Waals surface area contributed by atoms with Crippen molar-refractivity contribution in [2.75, 3.05) is 23.3 Å². The zero-order valence-corrected chi connectivity index (χ0v) is 11.6. The summed E-state index contributed by atoms with van der Waals surface area (Å²) in [6, 6.07) is 0.457. The highest BCUT2D eigenvalue weighted by molar-refractivity contribution is 5.49. The van der Waals surface area contributed by atoms with Gasteiger partial charge in [-0.05, 0) is 34.1 Å². The van der Waals surface area contributed by atoms with Crippen LogP contribution in [0.3, 0.4) is 0 Å². The highest BCUT2D eigenvalue weighted by Crippen LogP contribution is 2.20. The fourth-order valence-corrected chi connectivity index (χ4v) is 1.82. The minimum absolute atomic E-state index is 0.457. The lowest BCUT2D eigenvalue weighted by molar-refractivity contribution is 0.659. The third-order valence-electron chi connectivity index (χ3n) is 2.64. The zero-order valence-electron chi connectivity index (χ0n) is 11.6. The molecule has 0 aromatic carbocycles. The molecule has 17 heavy (non-hydrogen) atoms. The van der Waals surface area contributed by atoms with E-state index >= 15 is 0 Å². The van der Waals surface area contributed by atoms with Gasteiger partial charge in [0.25, 0.3) is 0 Å². The molecule has 0 unspecified atom stereocenters. The molecule has 0 saturated heterocycles. The molecule has 0 saturated carbocycles. The van der Waals surface area contributed by atoms with E-state index in [1.54, 1.807) is 0 Å². The van der Waals surface area contributed by atoms with Crippen LogP contribution >= 0.6 is 0 Å². The maximum Gasteiger partial charge on any atom is 0.224 e. The summed E-state index contributed by atoms with van der Waals surface area (Å²) in [5.74, 6) is 1.77. The SMILES string of the molecule is CCCN(c1nc(NCC)ncc1C)C(C)C. The quantitative estimate of drug-likeness (QED) is 0.824. The summed E-state index contributed by atoms with van der Waals surface area (Å²) < 4.78 is 0. The smallest absolute Gasteiger partial charge is 0.224 e. The molecule has 96 valence electrons. The van der Waals surface area contributed by atoms with E-state index in [0.717, 1.165) is 36.8 Å². The number of anilines is 2. The van der Waals surface area contributed by atoms with E-state index in [1.165, 1.54) is 0 Å². The number of nitrogens with zero attached hydrogens (tertiary/aromatic N) is 3. The lowest BCUT2D eigenvalue weighted by atomic mass is 10.2. The molecule has 0 radical (unpaired) electrons. The summed E-state index contributed by atoms with van der Waals surface area (Å²) in [5, 5.41) is 3.16. The van der Waals surface area contributed by atoms with Crippen molar-refractivity contribution in [3.8, 4) is 0 Å². The van der Waals surface area contributed by atoms with E-state index in [4.69, 9.17) is 0 Å². The first-order chi connectivity index (χ1) is 8.10. The minimum Gasteiger partial charge on any atom is -0.354 e. The second-order valence-corrected chi connectivity index (χ2v) is 4.52. The van der Waals surface area contributed by atoms with Crippen molar-refractivity contribution in [3.63, 3.8) is 0 Å². The first-order valence-electron chi connectivity index (χ1n) is 6.44. The van der Waals surface area contributed by atoms with Crippen LogP contribution in [0.1, 0.15) is 39.7 Å². The molecule has 4 heteroatoms. The maximum atomic E-state index is 4.61. The van der Waals surface area contributed by atoms with Gasteiger partial charge in [-0.25, -0.2) is 4.98 Å². The van der Waals surface area contributed by atoms with E-state index in [-0.39, 0.29) is 0 Å². The number of nitrogens with one attached hydrogen (secondary N) is 1. The molecule has 0 amide bonds. The van der Waals surface area contributed by atoms with Gasteiger partial charge in [0.1, 0.15) is 5.82 Å². The summed E-state index contributed by atoms with van der Waals surface area (Å²) >= 11 is 0. The Bertz CT molecular complexity index is 349. The lowest BCUT2D eigenvalue weighted by Gasteiger charge is -2.28. The standard InChI is InChI=1S/C13H24N4/c1-6-8-17(10(3)4)12-11(5)9-15-13(16-12)14-7-2/h9-10H,6-8H2,1-5H3,(H,14,15,16). The second kappa shape index (κ2) is 6.42. The van der Waals surface area contributed by atoms with Gasteiger partial charge in [-0.3, -0.25) is 0 Å². The molecule has 0 aliphatic carbocycles.